The third-order valence-electron chi connectivity index (χ3n) is 2.94. The summed E-state index contributed by atoms with van der Waals surface area (Å²) < 4.78 is 23.0. The molecule has 0 aliphatic heterocycles. The third-order valence-corrected chi connectivity index (χ3v) is 5.62. The van der Waals surface area contributed by atoms with Crippen molar-refractivity contribution >= 4 is 27.1 Å². The number of aromatic nitrogens is 1. The minimum Gasteiger partial charge on any atom is -0.478 e. The second kappa shape index (κ2) is 5.34. The van der Waals surface area contributed by atoms with Crippen molar-refractivity contribution in [3.8, 4) is 11.3 Å². The van der Waals surface area contributed by atoms with Crippen LogP contribution in [0.4, 0.5) is 0 Å². The minimum atomic E-state index is -3.17. The van der Waals surface area contributed by atoms with Gasteiger partial charge in [-0.3, -0.25) is 0 Å². The zero-order valence-electron chi connectivity index (χ0n) is 10.9. The fraction of sp³-hybridized carbons (Fsp3) is 0.231. The maximum absolute atomic E-state index is 11.5. The molecule has 0 bridgehead atoms. The van der Waals surface area contributed by atoms with Crippen molar-refractivity contribution in [1.82, 2.24) is 4.98 Å². The number of carboxylic acid groups (broad SMARTS) is 1. The van der Waals surface area contributed by atoms with Gasteiger partial charge in [-0.15, -0.1) is 11.3 Å². The van der Waals surface area contributed by atoms with E-state index in [4.69, 9.17) is 5.11 Å². The van der Waals surface area contributed by atoms with E-state index in [2.05, 4.69) is 4.98 Å². The number of carbonyl (C=O) groups is 1. The van der Waals surface area contributed by atoms with Gasteiger partial charge in [0.25, 0.3) is 0 Å². The highest BCUT2D eigenvalue weighted by Crippen LogP contribution is 2.29. The highest BCUT2D eigenvalue weighted by atomic mass is 32.2. The number of sulfone groups is 1. The zero-order chi connectivity index (χ0) is 14.9. The van der Waals surface area contributed by atoms with Gasteiger partial charge in [-0.2, -0.15) is 0 Å². The number of hydrogen-bond acceptors (Lipinski definition) is 5. The molecule has 7 heteroatoms. The Kier molecular flexibility index (Phi) is 3.92. The van der Waals surface area contributed by atoms with E-state index < -0.39 is 21.1 Å². The molecule has 1 aromatic heterocycles. The van der Waals surface area contributed by atoms with Crippen LogP contribution in [0, 0.1) is 0 Å². The van der Waals surface area contributed by atoms with Crippen LogP contribution >= 0.6 is 11.3 Å². The minimum absolute atomic E-state index is 0.203. The van der Waals surface area contributed by atoms with Gasteiger partial charge in [0.15, 0.2) is 9.84 Å². The van der Waals surface area contributed by atoms with Crippen molar-refractivity contribution in [2.75, 3.05) is 6.26 Å². The average molecular weight is 311 g/mol. The number of carboxylic acids is 1. The van der Waals surface area contributed by atoms with Crippen LogP contribution in [-0.2, 0) is 9.84 Å². The topological polar surface area (TPSA) is 84.3 Å². The summed E-state index contributed by atoms with van der Waals surface area (Å²) in [6.45, 7) is 1.60. The molecule has 0 aliphatic carbocycles. The summed E-state index contributed by atoms with van der Waals surface area (Å²) in [6.07, 6.45) is 1.18. The van der Waals surface area contributed by atoms with E-state index >= 15 is 0 Å². The Bertz CT molecular complexity index is 732. The number of thiazole rings is 1. The van der Waals surface area contributed by atoms with Crippen LogP contribution in [0.2, 0.25) is 0 Å². The van der Waals surface area contributed by atoms with Crippen molar-refractivity contribution < 1.29 is 18.3 Å². The highest BCUT2D eigenvalue weighted by Gasteiger charge is 2.21. The predicted octanol–water partition coefficient (Wildman–Crippen LogP) is 2.61. The van der Waals surface area contributed by atoms with Crippen LogP contribution in [0.5, 0.6) is 0 Å². The van der Waals surface area contributed by atoms with Crippen molar-refractivity contribution in [3.05, 3.63) is 40.2 Å². The monoisotopic (exact) mass is 311 g/mol. The maximum Gasteiger partial charge on any atom is 0.335 e. The molecule has 1 aromatic carbocycles. The molecule has 2 aromatic rings. The standard InChI is InChI=1S/C13H13NO4S2/c1-8(20(2,17)18)12-14-11(7-19-12)9-3-5-10(6-4-9)13(15)16/h3-8H,1-2H3,(H,15,16). The Balaban J connectivity index is 2.31. The first kappa shape index (κ1) is 14.7. The molecule has 0 saturated carbocycles. The van der Waals surface area contributed by atoms with Gasteiger partial charge in [-0.05, 0) is 19.1 Å². The average Bonchev–Trinajstić information content (AvgIpc) is 2.86. The Hall–Kier alpha value is -1.73. The molecule has 1 unspecified atom stereocenters. The molecule has 5 nitrogen and oxygen atoms in total. The number of hydrogen-bond donors (Lipinski definition) is 1. The summed E-state index contributed by atoms with van der Waals surface area (Å²) in [5.41, 5.74) is 1.62. The Morgan fingerprint density at radius 2 is 1.90 bits per heavy atom. The van der Waals surface area contributed by atoms with E-state index in [9.17, 15) is 13.2 Å². The summed E-state index contributed by atoms with van der Waals surface area (Å²) in [5, 5.41) is 10.5. The lowest BCUT2D eigenvalue weighted by Crippen LogP contribution is -2.07. The first-order chi connectivity index (χ1) is 9.29. The lowest BCUT2D eigenvalue weighted by atomic mass is 10.1. The quantitative estimate of drug-likeness (QED) is 0.938. The van der Waals surface area contributed by atoms with Crippen LogP contribution in [-0.4, -0.2) is 30.7 Å². The number of benzene rings is 1. The first-order valence-electron chi connectivity index (χ1n) is 5.77. The predicted molar refractivity (Wildman–Crippen MR) is 77.8 cm³/mol. The van der Waals surface area contributed by atoms with Crippen molar-refractivity contribution in [2.45, 2.75) is 12.2 Å². The molecule has 0 fully saturated rings. The van der Waals surface area contributed by atoms with Gasteiger partial charge in [0.2, 0.25) is 0 Å². The second-order valence-corrected chi connectivity index (χ2v) is 7.68. The van der Waals surface area contributed by atoms with E-state index in [0.717, 1.165) is 5.56 Å². The summed E-state index contributed by atoms with van der Waals surface area (Å²) >= 11 is 1.28. The Morgan fingerprint density at radius 1 is 1.30 bits per heavy atom. The molecule has 0 saturated heterocycles. The molecule has 1 heterocycles. The van der Waals surface area contributed by atoms with Crippen molar-refractivity contribution in [1.29, 1.82) is 0 Å². The van der Waals surface area contributed by atoms with E-state index in [1.54, 1.807) is 24.4 Å². The molecular weight excluding hydrogens is 298 g/mol. The summed E-state index contributed by atoms with van der Waals surface area (Å²) in [6, 6.07) is 6.31. The van der Waals surface area contributed by atoms with Crippen molar-refractivity contribution in [2.24, 2.45) is 0 Å². The molecular formula is C13H13NO4S2. The zero-order valence-corrected chi connectivity index (χ0v) is 12.5. The van der Waals surface area contributed by atoms with Gasteiger partial charge in [0, 0.05) is 17.2 Å². The lowest BCUT2D eigenvalue weighted by Gasteiger charge is -2.04. The van der Waals surface area contributed by atoms with Crippen molar-refractivity contribution in [3.63, 3.8) is 0 Å². The summed E-state index contributed by atoms with van der Waals surface area (Å²) in [7, 11) is -3.17. The van der Waals surface area contributed by atoms with Gasteiger partial charge < -0.3 is 5.11 Å². The lowest BCUT2D eigenvalue weighted by molar-refractivity contribution is 0.0697. The molecule has 1 N–H and O–H groups in total. The Labute approximate surface area is 120 Å². The summed E-state index contributed by atoms with van der Waals surface area (Å²) in [4.78, 5) is 15.1. The van der Waals surface area contributed by atoms with Gasteiger partial charge >= 0.3 is 5.97 Å². The SMILES string of the molecule is CC(c1nc(-c2ccc(C(=O)O)cc2)cs1)S(C)(=O)=O. The number of aromatic carboxylic acids is 1. The third kappa shape index (κ3) is 3.05. The second-order valence-electron chi connectivity index (χ2n) is 4.43. The van der Waals surface area contributed by atoms with E-state index in [0.29, 0.717) is 10.7 Å². The molecule has 106 valence electrons. The fourth-order valence-corrected chi connectivity index (χ4v) is 3.45. The van der Waals surface area contributed by atoms with Gasteiger partial charge in [-0.25, -0.2) is 18.2 Å². The first-order valence-corrected chi connectivity index (χ1v) is 8.60. The number of rotatable bonds is 4. The Morgan fingerprint density at radius 3 is 2.40 bits per heavy atom. The normalized spacial score (nSPS) is 13.1. The van der Waals surface area contributed by atoms with Crippen LogP contribution in [0.25, 0.3) is 11.3 Å². The fourth-order valence-electron chi connectivity index (χ4n) is 1.57. The molecule has 0 radical (unpaired) electrons. The van der Waals surface area contributed by atoms with Crippen LogP contribution in [0.1, 0.15) is 27.5 Å². The molecule has 0 aliphatic rings. The smallest absolute Gasteiger partial charge is 0.335 e. The maximum atomic E-state index is 11.5. The number of nitrogens with zero attached hydrogens (tertiary/aromatic N) is 1. The highest BCUT2D eigenvalue weighted by molar-refractivity contribution is 7.91. The van der Waals surface area contributed by atoms with Gasteiger partial charge in [-0.1, -0.05) is 12.1 Å². The molecule has 0 spiro atoms. The molecule has 2 rings (SSSR count). The van der Waals surface area contributed by atoms with Crippen LogP contribution in [0.15, 0.2) is 29.6 Å². The summed E-state index contributed by atoms with van der Waals surface area (Å²) in [5.74, 6) is -0.985. The van der Waals surface area contributed by atoms with E-state index in [1.807, 2.05) is 0 Å². The largest absolute Gasteiger partial charge is 0.478 e. The van der Waals surface area contributed by atoms with E-state index in [-0.39, 0.29) is 5.56 Å². The van der Waals surface area contributed by atoms with E-state index in [1.165, 1.54) is 29.7 Å². The van der Waals surface area contributed by atoms with Gasteiger partial charge in [0.1, 0.15) is 10.3 Å². The molecule has 1 atom stereocenters. The van der Waals surface area contributed by atoms with Crippen LogP contribution < -0.4 is 0 Å². The molecule has 0 amide bonds. The van der Waals surface area contributed by atoms with Gasteiger partial charge in [0.05, 0.1) is 11.3 Å². The van der Waals surface area contributed by atoms with Crippen LogP contribution in [0.3, 0.4) is 0 Å². The molecule has 20 heavy (non-hydrogen) atoms.